The standard InChI is InChI=1S/C15H21N3O3S/c1-15(2,3)9-4-10-16-22(19,20)13-7-5-12(6-8-13)14-11-21-18-17-14/h5-8,11,16H,4,9-10H2,1-3H3. The van der Waals surface area contributed by atoms with Gasteiger partial charge in [-0.2, -0.15) is 0 Å². The Balaban J connectivity index is 1.98. The van der Waals surface area contributed by atoms with E-state index >= 15 is 0 Å². The number of benzene rings is 1. The summed E-state index contributed by atoms with van der Waals surface area (Å²) in [4.78, 5) is 0.239. The van der Waals surface area contributed by atoms with Crippen LogP contribution >= 0.6 is 0 Å². The molecule has 2 aromatic rings. The van der Waals surface area contributed by atoms with Gasteiger partial charge in [-0.3, -0.25) is 0 Å². The number of nitrogens with zero attached hydrogens (tertiary/aromatic N) is 2. The first-order valence-corrected chi connectivity index (χ1v) is 8.63. The monoisotopic (exact) mass is 323 g/mol. The molecule has 120 valence electrons. The van der Waals surface area contributed by atoms with Crippen molar-refractivity contribution in [2.75, 3.05) is 6.54 Å². The zero-order chi connectivity index (χ0) is 16.2. The average molecular weight is 323 g/mol. The third-order valence-corrected chi connectivity index (χ3v) is 4.69. The van der Waals surface area contributed by atoms with E-state index in [1.54, 1.807) is 24.3 Å². The molecule has 0 aliphatic rings. The summed E-state index contributed by atoms with van der Waals surface area (Å²) in [6.07, 6.45) is 3.19. The van der Waals surface area contributed by atoms with Gasteiger partial charge in [0.1, 0.15) is 5.69 Å². The first-order valence-electron chi connectivity index (χ1n) is 7.15. The van der Waals surface area contributed by atoms with E-state index in [1.807, 2.05) is 0 Å². The molecule has 22 heavy (non-hydrogen) atoms. The second-order valence-electron chi connectivity index (χ2n) is 6.38. The number of rotatable bonds is 6. The Morgan fingerprint density at radius 1 is 1.18 bits per heavy atom. The van der Waals surface area contributed by atoms with Crippen molar-refractivity contribution in [2.45, 2.75) is 38.5 Å². The van der Waals surface area contributed by atoms with Crippen LogP contribution in [0.1, 0.15) is 33.6 Å². The van der Waals surface area contributed by atoms with E-state index in [0.717, 1.165) is 18.4 Å². The number of hydrogen-bond donors (Lipinski definition) is 1. The van der Waals surface area contributed by atoms with Crippen LogP contribution in [0.15, 0.2) is 39.9 Å². The van der Waals surface area contributed by atoms with Crippen LogP contribution in [0.4, 0.5) is 0 Å². The van der Waals surface area contributed by atoms with Crippen LogP contribution in [0.2, 0.25) is 0 Å². The van der Waals surface area contributed by atoms with Crippen molar-refractivity contribution in [1.82, 2.24) is 15.1 Å². The van der Waals surface area contributed by atoms with Crippen molar-refractivity contribution in [3.63, 3.8) is 0 Å². The summed E-state index contributed by atoms with van der Waals surface area (Å²) in [6.45, 7) is 6.85. The highest BCUT2D eigenvalue weighted by Crippen LogP contribution is 2.21. The Morgan fingerprint density at radius 2 is 1.86 bits per heavy atom. The molecule has 0 bridgehead atoms. The van der Waals surface area contributed by atoms with Crippen molar-refractivity contribution in [1.29, 1.82) is 0 Å². The first kappa shape index (κ1) is 16.6. The maximum Gasteiger partial charge on any atom is 0.240 e. The lowest BCUT2D eigenvalue weighted by atomic mass is 9.91. The van der Waals surface area contributed by atoms with Crippen molar-refractivity contribution in [3.05, 3.63) is 30.5 Å². The largest absolute Gasteiger partial charge is 0.345 e. The molecule has 1 N–H and O–H groups in total. The molecule has 6 nitrogen and oxygen atoms in total. The Labute approximate surface area is 131 Å². The van der Waals surface area contributed by atoms with Gasteiger partial charge in [0.25, 0.3) is 0 Å². The number of sulfonamides is 1. The Morgan fingerprint density at radius 3 is 2.41 bits per heavy atom. The van der Waals surface area contributed by atoms with Crippen LogP contribution in [0.5, 0.6) is 0 Å². The molecule has 7 heteroatoms. The van der Waals surface area contributed by atoms with Gasteiger partial charge in [-0.15, -0.1) is 5.10 Å². The minimum Gasteiger partial charge on any atom is -0.345 e. The smallest absolute Gasteiger partial charge is 0.240 e. The van der Waals surface area contributed by atoms with Gasteiger partial charge in [-0.1, -0.05) is 32.9 Å². The highest BCUT2D eigenvalue weighted by Gasteiger charge is 2.15. The fourth-order valence-corrected chi connectivity index (χ4v) is 3.08. The van der Waals surface area contributed by atoms with Gasteiger partial charge in [-0.05, 0) is 30.4 Å². The molecule has 0 spiro atoms. The molecule has 1 heterocycles. The van der Waals surface area contributed by atoms with E-state index in [0.29, 0.717) is 12.2 Å². The molecule has 1 aromatic carbocycles. The van der Waals surface area contributed by atoms with Crippen LogP contribution in [-0.4, -0.2) is 25.3 Å². The molecule has 1 aromatic heterocycles. The molecule has 0 aliphatic heterocycles. The third-order valence-electron chi connectivity index (χ3n) is 3.22. The zero-order valence-corrected chi connectivity index (χ0v) is 13.9. The van der Waals surface area contributed by atoms with E-state index in [-0.39, 0.29) is 10.3 Å². The normalized spacial score (nSPS) is 12.5. The predicted octanol–water partition coefficient (Wildman–Crippen LogP) is 2.84. The molecule has 0 atom stereocenters. The maximum atomic E-state index is 12.2. The van der Waals surface area contributed by atoms with Crippen molar-refractivity contribution in [3.8, 4) is 11.3 Å². The highest BCUT2D eigenvalue weighted by molar-refractivity contribution is 7.89. The Hall–Kier alpha value is -1.73. The van der Waals surface area contributed by atoms with Gasteiger partial charge in [0.15, 0.2) is 6.26 Å². The minimum absolute atomic E-state index is 0.207. The lowest BCUT2D eigenvalue weighted by Crippen LogP contribution is -2.25. The highest BCUT2D eigenvalue weighted by atomic mass is 32.2. The number of aromatic nitrogens is 2. The van der Waals surface area contributed by atoms with Crippen molar-refractivity contribution in [2.24, 2.45) is 5.41 Å². The summed E-state index contributed by atoms with van der Waals surface area (Å²) in [5.74, 6) is 0. The molecule has 2 rings (SSSR count). The molecule has 0 aliphatic carbocycles. The van der Waals surface area contributed by atoms with Crippen molar-refractivity contribution < 1.29 is 12.9 Å². The summed E-state index contributed by atoms with van der Waals surface area (Å²) < 4.78 is 31.7. The SMILES string of the molecule is CC(C)(C)CCCNS(=O)(=O)c1ccc(-c2conn2)cc1. The fourth-order valence-electron chi connectivity index (χ4n) is 2.00. The van der Waals surface area contributed by atoms with Gasteiger partial charge in [0.05, 0.1) is 4.90 Å². The minimum atomic E-state index is -3.47. The van der Waals surface area contributed by atoms with Crippen LogP contribution in [0.3, 0.4) is 0 Å². The van der Waals surface area contributed by atoms with Crippen LogP contribution in [0.25, 0.3) is 11.3 Å². The summed E-state index contributed by atoms with van der Waals surface area (Å²) in [7, 11) is -3.47. The molecule has 0 unspecified atom stereocenters. The van der Waals surface area contributed by atoms with Crippen LogP contribution in [-0.2, 0) is 10.0 Å². The fraction of sp³-hybridized carbons (Fsp3) is 0.467. The lowest BCUT2D eigenvalue weighted by molar-refractivity contribution is 0.365. The Bertz CT molecular complexity index is 687. The summed E-state index contributed by atoms with van der Waals surface area (Å²) in [5.41, 5.74) is 1.54. The molecule has 0 amide bonds. The third kappa shape index (κ3) is 4.64. The van der Waals surface area contributed by atoms with E-state index in [2.05, 4.69) is 40.4 Å². The van der Waals surface area contributed by atoms with Gasteiger partial charge in [-0.25, -0.2) is 13.1 Å². The second-order valence-corrected chi connectivity index (χ2v) is 8.14. The van der Waals surface area contributed by atoms with Gasteiger partial charge in [0, 0.05) is 17.4 Å². The molecule has 0 fully saturated rings. The average Bonchev–Trinajstić information content (AvgIpc) is 2.97. The molecular formula is C15H21N3O3S. The number of hydrogen-bond acceptors (Lipinski definition) is 5. The Kier molecular flexibility index (Phi) is 4.97. The topological polar surface area (TPSA) is 85.1 Å². The quantitative estimate of drug-likeness (QED) is 0.826. The molecule has 0 saturated heterocycles. The number of nitrogens with one attached hydrogen (secondary N) is 1. The van der Waals surface area contributed by atoms with Gasteiger partial charge < -0.3 is 4.52 Å². The second kappa shape index (κ2) is 6.58. The van der Waals surface area contributed by atoms with E-state index < -0.39 is 10.0 Å². The summed E-state index contributed by atoms with van der Waals surface area (Å²) in [6, 6.07) is 6.47. The van der Waals surface area contributed by atoms with E-state index in [4.69, 9.17) is 0 Å². The molecular weight excluding hydrogens is 302 g/mol. The lowest BCUT2D eigenvalue weighted by Gasteiger charge is -2.17. The maximum absolute atomic E-state index is 12.2. The van der Waals surface area contributed by atoms with Crippen LogP contribution < -0.4 is 4.72 Å². The molecule has 0 radical (unpaired) electrons. The van der Waals surface area contributed by atoms with Crippen LogP contribution in [0, 0.1) is 5.41 Å². The van der Waals surface area contributed by atoms with E-state index in [1.165, 1.54) is 6.26 Å². The first-order chi connectivity index (χ1) is 10.3. The van der Waals surface area contributed by atoms with Crippen molar-refractivity contribution >= 4 is 10.0 Å². The predicted molar refractivity (Wildman–Crippen MR) is 83.6 cm³/mol. The van der Waals surface area contributed by atoms with E-state index in [9.17, 15) is 8.42 Å². The summed E-state index contributed by atoms with van der Waals surface area (Å²) in [5, 5.41) is 7.16. The van der Waals surface area contributed by atoms with Gasteiger partial charge >= 0.3 is 0 Å². The van der Waals surface area contributed by atoms with Gasteiger partial charge in [0.2, 0.25) is 10.0 Å². The summed E-state index contributed by atoms with van der Waals surface area (Å²) >= 11 is 0. The molecule has 0 saturated carbocycles. The zero-order valence-electron chi connectivity index (χ0n) is 13.0.